The lowest BCUT2D eigenvalue weighted by Crippen LogP contribution is -2.40. The van der Waals surface area contributed by atoms with E-state index in [4.69, 9.17) is 5.73 Å². The van der Waals surface area contributed by atoms with Crippen LogP contribution < -0.4 is 11.1 Å². The summed E-state index contributed by atoms with van der Waals surface area (Å²) in [5, 5.41) is 4.65. The van der Waals surface area contributed by atoms with Gasteiger partial charge in [0.2, 0.25) is 0 Å². The molecule has 1 aromatic carbocycles. The highest BCUT2D eigenvalue weighted by Crippen LogP contribution is 2.28. The number of rotatable bonds is 3. The van der Waals surface area contributed by atoms with Crippen molar-refractivity contribution in [3.8, 4) is 0 Å². The van der Waals surface area contributed by atoms with Crippen LogP contribution in [0.4, 0.5) is 11.4 Å². The minimum absolute atomic E-state index is 0.593. The van der Waals surface area contributed by atoms with Crippen LogP contribution in [-0.2, 0) is 0 Å². The Kier molecular flexibility index (Phi) is 3.74. The Morgan fingerprint density at radius 2 is 2.20 bits per heavy atom. The zero-order valence-electron chi connectivity index (χ0n) is 12.0. The van der Waals surface area contributed by atoms with Crippen molar-refractivity contribution in [3.63, 3.8) is 0 Å². The number of anilines is 2. The van der Waals surface area contributed by atoms with Gasteiger partial charge in [0.1, 0.15) is 0 Å². The van der Waals surface area contributed by atoms with Crippen LogP contribution in [0.5, 0.6) is 0 Å². The lowest BCUT2D eigenvalue weighted by atomic mass is 10.0. The van der Waals surface area contributed by atoms with E-state index in [9.17, 15) is 0 Å². The normalized spacial score (nSPS) is 20.1. The molecule has 0 aliphatic carbocycles. The quantitative estimate of drug-likeness (QED) is 0.900. The second kappa shape index (κ2) is 5.67. The molecule has 20 heavy (non-hydrogen) atoms. The minimum Gasteiger partial charge on any atom is -0.396 e. The summed E-state index contributed by atoms with van der Waals surface area (Å²) in [6, 6.07) is 8.72. The molecule has 1 fully saturated rings. The molecule has 3 rings (SSSR count). The molecule has 1 atom stereocenters. The number of likely N-dealkylation sites (tertiary alicyclic amines) is 1. The molecule has 0 saturated carbocycles. The van der Waals surface area contributed by atoms with Crippen molar-refractivity contribution in [2.75, 3.05) is 31.2 Å². The van der Waals surface area contributed by atoms with E-state index in [0.29, 0.717) is 6.04 Å². The second-order valence-electron chi connectivity index (χ2n) is 5.62. The van der Waals surface area contributed by atoms with E-state index in [1.807, 2.05) is 18.2 Å². The van der Waals surface area contributed by atoms with Gasteiger partial charge in [-0.2, -0.15) is 0 Å². The number of hydrogen-bond donors (Lipinski definition) is 2. The van der Waals surface area contributed by atoms with Crippen LogP contribution in [0.1, 0.15) is 19.3 Å². The fourth-order valence-corrected chi connectivity index (χ4v) is 2.98. The first-order chi connectivity index (χ1) is 9.75. The molecule has 1 unspecified atom stereocenters. The Morgan fingerprint density at radius 3 is 3.05 bits per heavy atom. The molecular weight excluding hydrogens is 248 g/mol. The van der Waals surface area contributed by atoms with Gasteiger partial charge in [0.05, 0.1) is 23.1 Å². The predicted molar refractivity (Wildman–Crippen MR) is 84.9 cm³/mol. The number of piperidine rings is 1. The van der Waals surface area contributed by atoms with E-state index in [-0.39, 0.29) is 0 Å². The lowest BCUT2D eigenvalue weighted by Gasteiger charge is -2.33. The summed E-state index contributed by atoms with van der Waals surface area (Å²) in [4.78, 5) is 6.82. The summed E-state index contributed by atoms with van der Waals surface area (Å²) in [6.45, 7) is 2.13. The van der Waals surface area contributed by atoms with Gasteiger partial charge in [-0.1, -0.05) is 24.6 Å². The van der Waals surface area contributed by atoms with Crippen molar-refractivity contribution in [2.45, 2.75) is 25.3 Å². The predicted octanol–water partition coefficient (Wildman–Crippen LogP) is 2.71. The molecule has 2 aromatic rings. The van der Waals surface area contributed by atoms with Gasteiger partial charge >= 0.3 is 0 Å². The molecular formula is C16H22N4. The Morgan fingerprint density at radius 1 is 1.35 bits per heavy atom. The van der Waals surface area contributed by atoms with E-state index in [1.54, 1.807) is 6.20 Å². The summed E-state index contributed by atoms with van der Waals surface area (Å²) >= 11 is 0. The minimum atomic E-state index is 0.593. The summed E-state index contributed by atoms with van der Waals surface area (Å²) in [7, 11) is 2.21. The third-order valence-corrected chi connectivity index (χ3v) is 4.24. The summed E-state index contributed by atoms with van der Waals surface area (Å²) in [5.74, 6) is 0. The highest BCUT2D eigenvalue weighted by molar-refractivity contribution is 5.96. The fourth-order valence-electron chi connectivity index (χ4n) is 2.98. The van der Waals surface area contributed by atoms with Crippen LogP contribution in [0.3, 0.4) is 0 Å². The summed E-state index contributed by atoms with van der Waals surface area (Å²) < 4.78 is 0. The SMILES string of the molecule is CN1CCCCC1CNc1c(N)cnc2ccccc12. The number of nitrogens with zero attached hydrogens (tertiary/aromatic N) is 2. The molecule has 4 heteroatoms. The highest BCUT2D eigenvalue weighted by atomic mass is 15.2. The van der Waals surface area contributed by atoms with Crippen LogP contribution in [-0.4, -0.2) is 36.1 Å². The highest BCUT2D eigenvalue weighted by Gasteiger charge is 2.19. The number of aromatic nitrogens is 1. The maximum Gasteiger partial charge on any atom is 0.0743 e. The largest absolute Gasteiger partial charge is 0.396 e. The van der Waals surface area contributed by atoms with E-state index in [0.717, 1.165) is 28.8 Å². The van der Waals surface area contributed by atoms with Crippen molar-refractivity contribution >= 4 is 22.3 Å². The van der Waals surface area contributed by atoms with E-state index in [2.05, 4.69) is 28.3 Å². The van der Waals surface area contributed by atoms with Gasteiger partial charge in [-0.25, -0.2) is 0 Å². The number of hydrogen-bond acceptors (Lipinski definition) is 4. The van der Waals surface area contributed by atoms with Crippen molar-refractivity contribution in [2.24, 2.45) is 0 Å². The molecule has 106 valence electrons. The van der Waals surface area contributed by atoms with Gasteiger partial charge in [0, 0.05) is 18.0 Å². The number of pyridine rings is 1. The van der Waals surface area contributed by atoms with E-state index in [1.165, 1.54) is 25.8 Å². The van der Waals surface area contributed by atoms with Crippen LogP contribution in [0.2, 0.25) is 0 Å². The van der Waals surface area contributed by atoms with Gasteiger partial charge in [-0.05, 0) is 32.5 Å². The second-order valence-corrected chi connectivity index (χ2v) is 5.62. The summed E-state index contributed by atoms with van der Waals surface area (Å²) in [5.41, 5.74) is 8.83. The number of para-hydroxylation sites is 1. The van der Waals surface area contributed by atoms with Crippen molar-refractivity contribution < 1.29 is 0 Å². The number of nitrogen functional groups attached to an aromatic ring is 1. The molecule has 2 heterocycles. The molecule has 3 N–H and O–H groups in total. The molecule has 4 nitrogen and oxygen atoms in total. The van der Waals surface area contributed by atoms with Crippen molar-refractivity contribution in [1.82, 2.24) is 9.88 Å². The van der Waals surface area contributed by atoms with Crippen LogP contribution in [0.15, 0.2) is 30.5 Å². The smallest absolute Gasteiger partial charge is 0.0743 e. The van der Waals surface area contributed by atoms with Crippen LogP contribution in [0.25, 0.3) is 10.9 Å². The molecule has 1 aromatic heterocycles. The molecule has 1 aliphatic rings. The average molecular weight is 270 g/mol. The average Bonchev–Trinajstić information content (AvgIpc) is 2.48. The molecule has 0 spiro atoms. The first-order valence-electron chi connectivity index (χ1n) is 7.33. The van der Waals surface area contributed by atoms with Crippen molar-refractivity contribution in [1.29, 1.82) is 0 Å². The third kappa shape index (κ3) is 2.56. The van der Waals surface area contributed by atoms with Crippen molar-refractivity contribution in [3.05, 3.63) is 30.5 Å². The zero-order valence-corrected chi connectivity index (χ0v) is 12.0. The fraction of sp³-hybridized carbons (Fsp3) is 0.438. The Balaban J connectivity index is 1.81. The summed E-state index contributed by atoms with van der Waals surface area (Å²) in [6.07, 6.45) is 5.64. The standard InChI is InChI=1S/C16H22N4/c1-20-9-5-4-6-12(20)10-19-16-13-7-2-3-8-15(13)18-11-14(16)17/h2-3,7-8,11-12H,4-6,9-10,17H2,1H3,(H,18,19). The maximum atomic E-state index is 6.10. The van der Waals surface area contributed by atoms with Gasteiger partial charge in [0.25, 0.3) is 0 Å². The molecule has 0 radical (unpaired) electrons. The number of nitrogens with two attached hydrogens (primary N) is 1. The number of nitrogens with one attached hydrogen (secondary N) is 1. The molecule has 1 aliphatic heterocycles. The van der Waals surface area contributed by atoms with E-state index >= 15 is 0 Å². The number of benzene rings is 1. The van der Waals surface area contributed by atoms with Crippen LogP contribution in [0, 0.1) is 0 Å². The molecule has 0 bridgehead atoms. The van der Waals surface area contributed by atoms with Gasteiger partial charge in [0.15, 0.2) is 0 Å². The third-order valence-electron chi connectivity index (χ3n) is 4.24. The van der Waals surface area contributed by atoms with Crippen LogP contribution >= 0.6 is 0 Å². The topological polar surface area (TPSA) is 54.2 Å². The van der Waals surface area contributed by atoms with Gasteiger partial charge in [-0.15, -0.1) is 0 Å². The van der Waals surface area contributed by atoms with Gasteiger partial charge in [-0.3, -0.25) is 4.98 Å². The number of likely N-dealkylation sites (N-methyl/N-ethyl adjacent to an activating group) is 1. The first-order valence-corrected chi connectivity index (χ1v) is 7.33. The molecule has 0 amide bonds. The number of fused-ring (bicyclic) bond motifs is 1. The first kappa shape index (κ1) is 13.2. The maximum absolute atomic E-state index is 6.10. The lowest BCUT2D eigenvalue weighted by molar-refractivity contribution is 0.195. The Hall–Kier alpha value is -1.81. The van der Waals surface area contributed by atoms with E-state index < -0.39 is 0 Å². The zero-order chi connectivity index (χ0) is 13.9. The monoisotopic (exact) mass is 270 g/mol. The van der Waals surface area contributed by atoms with Gasteiger partial charge < -0.3 is 16.0 Å². The Bertz CT molecular complexity index is 596. The molecule has 1 saturated heterocycles. The Labute approximate surface area is 120 Å².